The van der Waals surface area contributed by atoms with Crippen LogP contribution in [0.4, 0.5) is 5.82 Å². The van der Waals surface area contributed by atoms with Crippen LogP contribution in [-0.2, 0) is 6.42 Å². The predicted octanol–water partition coefficient (Wildman–Crippen LogP) is 2.25. The number of nitrogens with zero attached hydrogens (tertiary/aromatic N) is 1. The number of pyridine rings is 1. The van der Waals surface area contributed by atoms with Gasteiger partial charge in [0.25, 0.3) is 0 Å². The number of hydrogen-bond donors (Lipinski definition) is 2. The van der Waals surface area contributed by atoms with E-state index in [4.69, 9.17) is 5.73 Å². The van der Waals surface area contributed by atoms with Crippen molar-refractivity contribution in [1.29, 1.82) is 0 Å². The first-order valence-electron chi connectivity index (χ1n) is 5.61. The summed E-state index contributed by atoms with van der Waals surface area (Å²) in [6.07, 6.45) is 1.65. The molecule has 1 aromatic carbocycles. The van der Waals surface area contributed by atoms with E-state index in [1.54, 1.807) is 6.20 Å². The van der Waals surface area contributed by atoms with E-state index in [9.17, 15) is 5.11 Å². The van der Waals surface area contributed by atoms with Crippen molar-refractivity contribution in [3.05, 3.63) is 59.3 Å². The molecule has 1 heterocycles. The van der Waals surface area contributed by atoms with Gasteiger partial charge in [0.15, 0.2) is 0 Å². The number of nitrogens with two attached hydrogens (primary N) is 1. The quantitative estimate of drug-likeness (QED) is 0.847. The predicted molar refractivity (Wildman–Crippen MR) is 68.5 cm³/mol. The van der Waals surface area contributed by atoms with E-state index in [1.807, 2.05) is 43.3 Å². The Kier molecular flexibility index (Phi) is 3.40. The summed E-state index contributed by atoms with van der Waals surface area (Å²) in [4.78, 5) is 4.06. The van der Waals surface area contributed by atoms with Crippen molar-refractivity contribution in [3.63, 3.8) is 0 Å². The zero-order valence-electron chi connectivity index (χ0n) is 9.80. The van der Waals surface area contributed by atoms with Crippen LogP contribution in [0, 0.1) is 6.92 Å². The standard InChI is InChI=1S/C14H16N2O/c1-10-7-12(14(15)16-9-10)13(17)8-11-5-3-2-4-6-11/h2-7,9,13,17H,8H2,1H3,(H2,15,16). The fourth-order valence-electron chi connectivity index (χ4n) is 1.82. The third kappa shape index (κ3) is 2.82. The lowest BCUT2D eigenvalue weighted by Crippen LogP contribution is -2.07. The van der Waals surface area contributed by atoms with Crippen LogP contribution in [0.5, 0.6) is 0 Å². The fourth-order valence-corrected chi connectivity index (χ4v) is 1.82. The van der Waals surface area contributed by atoms with Gasteiger partial charge in [-0.3, -0.25) is 0 Å². The summed E-state index contributed by atoms with van der Waals surface area (Å²) in [5.74, 6) is 0.402. The zero-order chi connectivity index (χ0) is 12.3. The number of aromatic nitrogens is 1. The van der Waals surface area contributed by atoms with Crippen molar-refractivity contribution < 1.29 is 5.11 Å². The molecule has 2 rings (SSSR count). The Balaban J connectivity index is 2.20. The molecule has 0 aliphatic rings. The Morgan fingerprint density at radius 1 is 1.29 bits per heavy atom. The van der Waals surface area contributed by atoms with E-state index < -0.39 is 6.10 Å². The second kappa shape index (κ2) is 4.97. The molecule has 0 spiro atoms. The molecule has 0 radical (unpaired) electrons. The summed E-state index contributed by atoms with van der Waals surface area (Å²) in [5, 5.41) is 10.2. The van der Waals surface area contributed by atoms with Crippen LogP contribution in [0.15, 0.2) is 42.6 Å². The summed E-state index contributed by atoms with van der Waals surface area (Å²) in [6.45, 7) is 1.94. The Morgan fingerprint density at radius 3 is 2.71 bits per heavy atom. The van der Waals surface area contributed by atoms with Crippen LogP contribution >= 0.6 is 0 Å². The minimum absolute atomic E-state index is 0.402. The second-order valence-electron chi connectivity index (χ2n) is 4.19. The summed E-state index contributed by atoms with van der Waals surface area (Å²) in [5.41, 5.74) is 8.56. The van der Waals surface area contributed by atoms with Crippen molar-refractivity contribution >= 4 is 5.82 Å². The molecule has 3 heteroatoms. The normalized spacial score (nSPS) is 12.4. The first kappa shape index (κ1) is 11.6. The molecule has 3 nitrogen and oxygen atoms in total. The van der Waals surface area contributed by atoms with Gasteiger partial charge < -0.3 is 10.8 Å². The fraction of sp³-hybridized carbons (Fsp3) is 0.214. The topological polar surface area (TPSA) is 59.1 Å². The minimum Gasteiger partial charge on any atom is -0.388 e. The highest BCUT2D eigenvalue weighted by atomic mass is 16.3. The maximum absolute atomic E-state index is 10.2. The minimum atomic E-state index is -0.607. The number of aryl methyl sites for hydroxylation is 1. The van der Waals surface area contributed by atoms with Gasteiger partial charge in [0.05, 0.1) is 6.10 Å². The van der Waals surface area contributed by atoms with Gasteiger partial charge in [-0.2, -0.15) is 0 Å². The SMILES string of the molecule is Cc1cnc(N)c(C(O)Cc2ccccc2)c1. The molecule has 17 heavy (non-hydrogen) atoms. The Labute approximate surface area is 101 Å². The largest absolute Gasteiger partial charge is 0.388 e. The number of aliphatic hydroxyl groups excluding tert-OH is 1. The average molecular weight is 228 g/mol. The molecule has 0 fully saturated rings. The van der Waals surface area contributed by atoms with Crippen molar-refractivity contribution in [1.82, 2.24) is 4.98 Å². The molecule has 0 amide bonds. The van der Waals surface area contributed by atoms with Gasteiger partial charge in [0, 0.05) is 18.2 Å². The van der Waals surface area contributed by atoms with E-state index in [-0.39, 0.29) is 0 Å². The lowest BCUT2D eigenvalue weighted by molar-refractivity contribution is 0.179. The molecule has 0 bridgehead atoms. The number of hydrogen-bond acceptors (Lipinski definition) is 3. The number of nitrogen functional groups attached to an aromatic ring is 1. The molecule has 3 N–H and O–H groups in total. The van der Waals surface area contributed by atoms with Crippen LogP contribution in [0.1, 0.15) is 22.8 Å². The molecule has 0 aliphatic heterocycles. The third-order valence-electron chi connectivity index (χ3n) is 2.72. The highest BCUT2D eigenvalue weighted by Gasteiger charge is 2.12. The maximum atomic E-state index is 10.2. The lowest BCUT2D eigenvalue weighted by Gasteiger charge is -2.13. The monoisotopic (exact) mass is 228 g/mol. The molecule has 2 aromatic rings. The first-order chi connectivity index (χ1) is 8.16. The van der Waals surface area contributed by atoms with E-state index in [2.05, 4.69) is 4.98 Å². The zero-order valence-corrected chi connectivity index (χ0v) is 9.80. The van der Waals surface area contributed by atoms with Gasteiger partial charge in [-0.15, -0.1) is 0 Å². The molecule has 0 saturated carbocycles. The summed E-state index contributed by atoms with van der Waals surface area (Å²) >= 11 is 0. The highest BCUT2D eigenvalue weighted by molar-refractivity contribution is 5.42. The van der Waals surface area contributed by atoms with Crippen molar-refractivity contribution in [2.75, 3.05) is 5.73 Å². The van der Waals surface area contributed by atoms with Crippen molar-refractivity contribution in [3.8, 4) is 0 Å². The number of rotatable bonds is 3. The molecule has 0 saturated heterocycles. The maximum Gasteiger partial charge on any atom is 0.129 e. The number of benzene rings is 1. The lowest BCUT2D eigenvalue weighted by atomic mass is 10.0. The molecule has 88 valence electrons. The Morgan fingerprint density at radius 2 is 2.00 bits per heavy atom. The Bertz CT molecular complexity index is 497. The van der Waals surface area contributed by atoms with Crippen LogP contribution < -0.4 is 5.73 Å². The van der Waals surface area contributed by atoms with Gasteiger partial charge in [-0.25, -0.2) is 4.98 Å². The van der Waals surface area contributed by atoms with Crippen molar-refractivity contribution in [2.45, 2.75) is 19.4 Å². The van der Waals surface area contributed by atoms with Gasteiger partial charge in [0.2, 0.25) is 0 Å². The van der Waals surface area contributed by atoms with Gasteiger partial charge in [-0.05, 0) is 24.1 Å². The molecule has 0 aliphatic carbocycles. The van der Waals surface area contributed by atoms with Crippen LogP contribution in [0.2, 0.25) is 0 Å². The van der Waals surface area contributed by atoms with E-state index in [1.165, 1.54) is 0 Å². The number of aliphatic hydroxyl groups is 1. The number of anilines is 1. The van der Waals surface area contributed by atoms with E-state index in [0.29, 0.717) is 17.8 Å². The van der Waals surface area contributed by atoms with Crippen LogP contribution in [0.25, 0.3) is 0 Å². The van der Waals surface area contributed by atoms with Gasteiger partial charge in [-0.1, -0.05) is 30.3 Å². The third-order valence-corrected chi connectivity index (χ3v) is 2.72. The summed E-state index contributed by atoms with van der Waals surface area (Å²) in [6, 6.07) is 11.7. The van der Waals surface area contributed by atoms with Gasteiger partial charge >= 0.3 is 0 Å². The molecule has 1 unspecified atom stereocenters. The second-order valence-corrected chi connectivity index (χ2v) is 4.19. The van der Waals surface area contributed by atoms with Crippen LogP contribution in [-0.4, -0.2) is 10.1 Å². The van der Waals surface area contributed by atoms with Crippen LogP contribution in [0.3, 0.4) is 0 Å². The molecular formula is C14H16N2O. The van der Waals surface area contributed by atoms with E-state index >= 15 is 0 Å². The average Bonchev–Trinajstić information content (AvgIpc) is 2.33. The molecule has 1 atom stereocenters. The molecular weight excluding hydrogens is 212 g/mol. The summed E-state index contributed by atoms with van der Waals surface area (Å²) in [7, 11) is 0. The van der Waals surface area contributed by atoms with E-state index in [0.717, 1.165) is 11.1 Å². The Hall–Kier alpha value is -1.87. The highest BCUT2D eigenvalue weighted by Crippen LogP contribution is 2.22. The summed E-state index contributed by atoms with van der Waals surface area (Å²) < 4.78 is 0. The first-order valence-corrected chi connectivity index (χ1v) is 5.61. The molecule has 1 aromatic heterocycles. The van der Waals surface area contributed by atoms with Gasteiger partial charge in [0.1, 0.15) is 5.82 Å². The van der Waals surface area contributed by atoms with Crippen molar-refractivity contribution in [2.24, 2.45) is 0 Å². The smallest absolute Gasteiger partial charge is 0.129 e.